The molecule has 0 aromatic heterocycles. The molecule has 0 unspecified atom stereocenters. The van der Waals surface area contributed by atoms with E-state index in [1.165, 1.54) is 11.1 Å². The highest BCUT2D eigenvalue weighted by Crippen LogP contribution is 2.17. The molecule has 2 N–H and O–H groups in total. The van der Waals surface area contributed by atoms with Gasteiger partial charge in [-0.25, -0.2) is 0 Å². The summed E-state index contributed by atoms with van der Waals surface area (Å²) in [6.45, 7) is 2.51. The number of amides is 2. The molecule has 5 nitrogen and oxygen atoms in total. The van der Waals surface area contributed by atoms with Crippen molar-refractivity contribution in [3.8, 4) is 0 Å². The molecule has 1 saturated heterocycles. The number of nitrogens with zero attached hydrogens (tertiary/aromatic N) is 1. The van der Waals surface area contributed by atoms with Crippen LogP contribution in [0.2, 0.25) is 0 Å². The van der Waals surface area contributed by atoms with Gasteiger partial charge in [-0.15, -0.1) is 24.2 Å². The zero-order chi connectivity index (χ0) is 13.9. The SMILES string of the molecule is Cl.O=C(CN1CSCC1=O)NCc1ccc2c(c1)CNC2. The van der Waals surface area contributed by atoms with E-state index in [9.17, 15) is 9.59 Å². The molecule has 2 heterocycles. The number of nitrogens with one attached hydrogen (secondary N) is 2. The fourth-order valence-corrected chi connectivity index (χ4v) is 3.33. The molecule has 0 aliphatic carbocycles. The van der Waals surface area contributed by atoms with Crippen molar-refractivity contribution in [1.82, 2.24) is 15.5 Å². The molecule has 1 aromatic rings. The lowest BCUT2D eigenvalue weighted by Gasteiger charge is -2.14. The number of hydrogen-bond donors (Lipinski definition) is 2. The van der Waals surface area contributed by atoms with Gasteiger partial charge in [-0.3, -0.25) is 9.59 Å². The molecule has 1 aromatic carbocycles. The standard InChI is InChI=1S/C14H17N3O2S.ClH/c18-13(7-17-9-20-8-14(17)19)16-4-10-1-2-11-5-15-6-12(11)3-10;/h1-3,15H,4-9H2,(H,16,18);1H. The Morgan fingerprint density at radius 1 is 1.33 bits per heavy atom. The fourth-order valence-electron chi connectivity index (χ4n) is 2.43. The van der Waals surface area contributed by atoms with E-state index in [0.29, 0.717) is 18.2 Å². The third-order valence-corrected chi connectivity index (χ3v) is 4.50. The maximum atomic E-state index is 11.8. The van der Waals surface area contributed by atoms with Crippen LogP contribution in [0.4, 0.5) is 0 Å². The zero-order valence-electron chi connectivity index (χ0n) is 11.6. The Hall–Kier alpha value is -1.24. The number of hydrogen-bond acceptors (Lipinski definition) is 4. The Kier molecular flexibility index (Phi) is 5.50. The monoisotopic (exact) mass is 327 g/mol. The third-order valence-electron chi connectivity index (χ3n) is 3.55. The van der Waals surface area contributed by atoms with E-state index < -0.39 is 0 Å². The Morgan fingerprint density at radius 3 is 2.90 bits per heavy atom. The number of halogens is 1. The maximum Gasteiger partial charge on any atom is 0.239 e. The summed E-state index contributed by atoms with van der Waals surface area (Å²) in [7, 11) is 0. The molecule has 0 radical (unpaired) electrons. The average Bonchev–Trinajstić information content (AvgIpc) is 3.05. The van der Waals surface area contributed by atoms with Crippen LogP contribution in [0, 0.1) is 0 Å². The first-order valence-electron chi connectivity index (χ1n) is 6.66. The quantitative estimate of drug-likeness (QED) is 0.861. The van der Waals surface area contributed by atoms with E-state index >= 15 is 0 Å². The summed E-state index contributed by atoms with van der Waals surface area (Å²) in [5.74, 6) is 1.07. The Balaban J connectivity index is 0.00000161. The smallest absolute Gasteiger partial charge is 0.239 e. The molecule has 2 aliphatic rings. The molecule has 0 spiro atoms. The second-order valence-corrected chi connectivity index (χ2v) is 6.01. The summed E-state index contributed by atoms with van der Waals surface area (Å²) >= 11 is 1.55. The number of benzene rings is 1. The van der Waals surface area contributed by atoms with Crippen molar-refractivity contribution in [2.45, 2.75) is 19.6 Å². The first kappa shape index (κ1) is 16.1. The van der Waals surface area contributed by atoms with E-state index in [2.05, 4.69) is 22.8 Å². The Labute approximate surface area is 134 Å². The lowest BCUT2D eigenvalue weighted by Crippen LogP contribution is -2.37. The second kappa shape index (κ2) is 7.15. The van der Waals surface area contributed by atoms with E-state index in [4.69, 9.17) is 0 Å². The average molecular weight is 328 g/mol. The van der Waals surface area contributed by atoms with Crippen LogP contribution in [0.15, 0.2) is 18.2 Å². The zero-order valence-corrected chi connectivity index (χ0v) is 13.2. The molecule has 21 heavy (non-hydrogen) atoms. The summed E-state index contributed by atoms with van der Waals surface area (Å²) in [5.41, 5.74) is 3.74. The first-order chi connectivity index (χ1) is 9.72. The fraction of sp³-hybridized carbons (Fsp3) is 0.429. The minimum absolute atomic E-state index is 0. The van der Waals surface area contributed by atoms with Crippen molar-refractivity contribution >= 4 is 36.0 Å². The molecule has 0 bridgehead atoms. The summed E-state index contributed by atoms with van der Waals surface area (Å²) in [5, 5.41) is 6.17. The topological polar surface area (TPSA) is 61.4 Å². The van der Waals surface area contributed by atoms with Crippen LogP contribution in [-0.2, 0) is 29.2 Å². The minimum atomic E-state index is -0.0977. The summed E-state index contributed by atoms with van der Waals surface area (Å²) < 4.78 is 0. The molecule has 7 heteroatoms. The molecule has 2 aliphatic heterocycles. The number of carbonyl (C=O) groups excluding carboxylic acids is 2. The normalized spacial score (nSPS) is 16.6. The van der Waals surface area contributed by atoms with Gasteiger partial charge in [0.2, 0.25) is 11.8 Å². The van der Waals surface area contributed by atoms with Gasteiger partial charge in [0.1, 0.15) is 6.54 Å². The van der Waals surface area contributed by atoms with E-state index in [1.807, 2.05) is 6.07 Å². The predicted octanol–water partition coefficient (Wildman–Crippen LogP) is 0.861. The summed E-state index contributed by atoms with van der Waals surface area (Å²) in [4.78, 5) is 24.8. The van der Waals surface area contributed by atoms with Crippen molar-refractivity contribution in [3.05, 3.63) is 34.9 Å². The molecule has 2 amide bonds. The van der Waals surface area contributed by atoms with Gasteiger partial charge in [0.05, 0.1) is 11.6 Å². The van der Waals surface area contributed by atoms with Gasteiger partial charge in [-0.05, 0) is 16.7 Å². The van der Waals surface area contributed by atoms with Crippen molar-refractivity contribution < 1.29 is 9.59 Å². The number of rotatable bonds is 4. The maximum absolute atomic E-state index is 11.8. The van der Waals surface area contributed by atoms with Gasteiger partial charge < -0.3 is 15.5 Å². The largest absolute Gasteiger partial charge is 0.350 e. The number of carbonyl (C=O) groups is 2. The summed E-state index contributed by atoms with van der Waals surface area (Å²) in [6, 6.07) is 6.28. The van der Waals surface area contributed by atoms with Gasteiger partial charge in [-0.1, -0.05) is 18.2 Å². The lowest BCUT2D eigenvalue weighted by atomic mass is 10.1. The van der Waals surface area contributed by atoms with Crippen LogP contribution >= 0.6 is 24.2 Å². The molecular weight excluding hydrogens is 310 g/mol. The predicted molar refractivity (Wildman–Crippen MR) is 85.1 cm³/mol. The van der Waals surface area contributed by atoms with E-state index in [0.717, 1.165) is 18.7 Å². The van der Waals surface area contributed by atoms with Gasteiger partial charge in [0.25, 0.3) is 0 Å². The van der Waals surface area contributed by atoms with Crippen molar-refractivity contribution in [3.63, 3.8) is 0 Å². The highest BCUT2D eigenvalue weighted by molar-refractivity contribution is 8.00. The minimum Gasteiger partial charge on any atom is -0.350 e. The second-order valence-electron chi connectivity index (χ2n) is 5.05. The highest BCUT2D eigenvalue weighted by atomic mass is 35.5. The van der Waals surface area contributed by atoms with Crippen LogP contribution in [0.1, 0.15) is 16.7 Å². The van der Waals surface area contributed by atoms with E-state index in [1.54, 1.807) is 16.7 Å². The van der Waals surface area contributed by atoms with Crippen LogP contribution in [-0.4, -0.2) is 34.9 Å². The van der Waals surface area contributed by atoms with Gasteiger partial charge in [0, 0.05) is 19.6 Å². The Morgan fingerprint density at radius 2 is 2.14 bits per heavy atom. The molecule has 1 fully saturated rings. The molecule has 0 atom stereocenters. The number of thioether (sulfide) groups is 1. The van der Waals surface area contributed by atoms with Crippen LogP contribution in [0.25, 0.3) is 0 Å². The first-order valence-corrected chi connectivity index (χ1v) is 7.81. The van der Waals surface area contributed by atoms with Gasteiger partial charge in [0.15, 0.2) is 0 Å². The molecular formula is C14H18ClN3O2S. The lowest BCUT2D eigenvalue weighted by molar-refractivity contribution is -0.132. The van der Waals surface area contributed by atoms with E-state index in [-0.39, 0.29) is 30.8 Å². The van der Waals surface area contributed by atoms with Crippen LogP contribution in [0.3, 0.4) is 0 Å². The van der Waals surface area contributed by atoms with Gasteiger partial charge in [-0.2, -0.15) is 0 Å². The van der Waals surface area contributed by atoms with Crippen LogP contribution < -0.4 is 10.6 Å². The summed E-state index contributed by atoms with van der Waals surface area (Å²) in [6.07, 6.45) is 0. The third kappa shape index (κ3) is 3.90. The van der Waals surface area contributed by atoms with Gasteiger partial charge >= 0.3 is 0 Å². The van der Waals surface area contributed by atoms with Crippen molar-refractivity contribution in [1.29, 1.82) is 0 Å². The molecule has 0 saturated carbocycles. The Bertz CT molecular complexity index is 553. The highest BCUT2D eigenvalue weighted by Gasteiger charge is 2.22. The molecule has 3 rings (SSSR count). The van der Waals surface area contributed by atoms with Crippen LogP contribution in [0.5, 0.6) is 0 Å². The van der Waals surface area contributed by atoms with Crippen molar-refractivity contribution in [2.24, 2.45) is 0 Å². The molecule has 114 valence electrons. The van der Waals surface area contributed by atoms with Crippen molar-refractivity contribution in [2.75, 3.05) is 18.2 Å². The number of fused-ring (bicyclic) bond motifs is 1.